The number of nitrogens with zero attached hydrogens (tertiary/aromatic N) is 1. The molecular weight excluding hydrogens is 447 g/mol. The minimum Gasteiger partial charge on any atom is -0.502 e. The van der Waals surface area contributed by atoms with Crippen LogP contribution in [0.1, 0.15) is 11.1 Å². The number of thiocarbonyl (C=S) groups is 1. The summed E-state index contributed by atoms with van der Waals surface area (Å²) in [6, 6.07) is 22.8. The van der Waals surface area contributed by atoms with Gasteiger partial charge in [-0.05, 0) is 42.6 Å². The van der Waals surface area contributed by atoms with Crippen molar-refractivity contribution in [3.8, 4) is 0 Å². The molecule has 0 fully saturated rings. The van der Waals surface area contributed by atoms with Crippen LogP contribution in [0.5, 0.6) is 0 Å². The molecule has 0 unspecified atom stereocenters. The zero-order chi connectivity index (χ0) is 22.0. The number of anilines is 1. The van der Waals surface area contributed by atoms with Crippen molar-refractivity contribution in [1.82, 2.24) is 0 Å². The lowest BCUT2D eigenvalue weighted by Gasteiger charge is -2.13. The van der Waals surface area contributed by atoms with Crippen LogP contribution in [0, 0.1) is 6.92 Å². The molecule has 31 heavy (non-hydrogen) atoms. The van der Waals surface area contributed by atoms with E-state index in [0.717, 1.165) is 22.0 Å². The highest BCUT2D eigenvalue weighted by atomic mass is 35.5. The van der Waals surface area contributed by atoms with Crippen LogP contribution in [-0.4, -0.2) is 10.1 Å². The average Bonchev–Trinajstić information content (AvgIpc) is 2.76. The van der Waals surface area contributed by atoms with Crippen molar-refractivity contribution < 1.29 is 9.67 Å². The summed E-state index contributed by atoms with van der Waals surface area (Å²) in [6.45, 7) is 1.97. The number of hydrogen-bond acceptors (Lipinski definition) is 2. The van der Waals surface area contributed by atoms with Gasteiger partial charge in [-0.3, -0.25) is 0 Å². The SMILES string of the molecule is Cc1ccc[n+](C(C(=S)Nc2cccc3ccccc23)=C(O)c2cc(Cl)ccc2Cl)c1. The molecule has 1 aromatic heterocycles. The van der Waals surface area contributed by atoms with E-state index in [2.05, 4.69) is 5.32 Å². The summed E-state index contributed by atoms with van der Waals surface area (Å²) < 4.78 is 1.78. The molecule has 0 aliphatic carbocycles. The van der Waals surface area contributed by atoms with E-state index in [-0.39, 0.29) is 5.76 Å². The Morgan fingerprint density at radius 1 is 0.968 bits per heavy atom. The Balaban J connectivity index is 1.86. The maximum Gasteiger partial charge on any atom is 0.288 e. The number of aryl methyl sites for hydroxylation is 1. The molecule has 3 aromatic carbocycles. The molecule has 0 aliphatic rings. The summed E-state index contributed by atoms with van der Waals surface area (Å²) in [5.41, 5.74) is 2.66. The second-order valence-electron chi connectivity index (χ2n) is 7.09. The van der Waals surface area contributed by atoms with Crippen molar-refractivity contribution in [2.45, 2.75) is 6.92 Å². The van der Waals surface area contributed by atoms with Crippen LogP contribution < -0.4 is 9.88 Å². The zero-order valence-corrected chi connectivity index (χ0v) is 19.0. The molecule has 0 atom stereocenters. The van der Waals surface area contributed by atoms with Gasteiger partial charge in [-0.25, -0.2) is 0 Å². The maximum atomic E-state index is 11.3. The van der Waals surface area contributed by atoms with Gasteiger partial charge in [-0.1, -0.05) is 71.8 Å². The van der Waals surface area contributed by atoms with Crippen molar-refractivity contribution in [2.24, 2.45) is 0 Å². The molecule has 4 aromatic rings. The van der Waals surface area contributed by atoms with E-state index in [1.807, 2.05) is 73.9 Å². The lowest BCUT2D eigenvalue weighted by atomic mass is 10.1. The Morgan fingerprint density at radius 3 is 2.55 bits per heavy atom. The van der Waals surface area contributed by atoms with Crippen molar-refractivity contribution in [3.63, 3.8) is 0 Å². The van der Waals surface area contributed by atoms with Crippen LogP contribution in [0.3, 0.4) is 0 Å². The molecule has 4 rings (SSSR count). The van der Waals surface area contributed by atoms with E-state index in [1.54, 1.807) is 22.8 Å². The normalized spacial score (nSPS) is 11.8. The van der Waals surface area contributed by atoms with Crippen LogP contribution in [-0.2, 0) is 0 Å². The second kappa shape index (κ2) is 9.06. The van der Waals surface area contributed by atoms with Crippen LogP contribution in [0.25, 0.3) is 22.2 Å². The molecule has 6 heteroatoms. The predicted octanol–water partition coefficient (Wildman–Crippen LogP) is 7.07. The van der Waals surface area contributed by atoms with Crippen LogP contribution in [0.4, 0.5) is 5.69 Å². The first-order valence-electron chi connectivity index (χ1n) is 9.60. The maximum absolute atomic E-state index is 11.3. The molecule has 0 bridgehead atoms. The third-order valence-electron chi connectivity index (χ3n) is 4.87. The number of aromatic nitrogens is 1. The number of hydrogen-bond donors (Lipinski definition) is 2. The monoisotopic (exact) mass is 465 g/mol. The fourth-order valence-electron chi connectivity index (χ4n) is 3.40. The largest absolute Gasteiger partial charge is 0.502 e. The van der Waals surface area contributed by atoms with Gasteiger partial charge < -0.3 is 10.4 Å². The van der Waals surface area contributed by atoms with Crippen molar-refractivity contribution in [1.29, 1.82) is 0 Å². The highest BCUT2D eigenvalue weighted by Crippen LogP contribution is 2.29. The first kappa shape index (κ1) is 21.3. The number of aliphatic hydroxyl groups excluding tert-OH is 1. The predicted molar refractivity (Wildman–Crippen MR) is 134 cm³/mol. The Morgan fingerprint density at radius 2 is 1.74 bits per heavy atom. The molecule has 0 radical (unpaired) electrons. The highest BCUT2D eigenvalue weighted by molar-refractivity contribution is 7.81. The topological polar surface area (TPSA) is 36.1 Å². The number of pyridine rings is 1. The van der Waals surface area contributed by atoms with Gasteiger partial charge in [0.25, 0.3) is 5.70 Å². The Hall–Kier alpha value is -2.92. The molecule has 0 saturated heterocycles. The Bertz CT molecular complexity index is 1330. The number of fused-ring (bicyclic) bond motifs is 1. The summed E-state index contributed by atoms with van der Waals surface area (Å²) in [7, 11) is 0. The van der Waals surface area contributed by atoms with Crippen molar-refractivity contribution in [2.75, 3.05) is 5.32 Å². The van der Waals surface area contributed by atoms with Gasteiger partial charge in [-0.15, -0.1) is 0 Å². The molecule has 2 N–H and O–H groups in total. The third kappa shape index (κ3) is 4.57. The van der Waals surface area contributed by atoms with Crippen molar-refractivity contribution >= 4 is 68.3 Å². The quantitative estimate of drug-likeness (QED) is 0.146. The van der Waals surface area contributed by atoms with E-state index < -0.39 is 0 Å². The lowest BCUT2D eigenvalue weighted by Crippen LogP contribution is -2.38. The molecular formula is C25H19Cl2N2OS+. The molecule has 3 nitrogen and oxygen atoms in total. The van der Waals surface area contributed by atoms with Gasteiger partial charge in [0.15, 0.2) is 17.4 Å². The number of halogens is 2. The number of nitrogens with one attached hydrogen (secondary N) is 1. The van der Waals surface area contributed by atoms with E-state index in [1.165, 1.54) is 0 Å². The van der Waals surface area contributed by atoms with E-state index in [4.69, 9.17) is 35.4 Å². The fourth-order valence-corrected chi connectivity index (χ4v) is 4.09. The highest BCUT2D eigenvalue weighted by Gasteiger charge is 2.26. The summed E-state index contributed by atoms with van der Waals surface area (Å²) in [5, 5.41) is 17.5. The van der Waals surface area contributed by atoms with Crippen molar-refractivity contribution in [3.05, 3.63) is 106 Å². The van der Waals surface area contributed by atoms with E-state index in [0.29, 0.717) is 26.3 Å². The average molecular weight is 466 g/mol. The van der Waals surface area contributed by atoms with Crippen LogP contribution in [0.2, 0.25) is 10.0 Å². The summed E-state index contributed by atoms with van der Waals surface area (Å²) in [4.78, 5) is 0.348. The van der Waals surface area contributed by atoms with Gasteiger partial charge in [0.1, 0.15) is 0 Å². The van der Waals surface area contributed by atoms with Gasteiger partial charge in [0.2, 0.25) is 5.76 Å². The van der Waals surface area contributed by atoms with Gasteiger partial charge in [-0.2, -0.15) is 4.57 Å². The zero-order valence-electron chi connectivity index (χ0n) is 16.6. The lowest BCUT2D eigenvalue weighted by molar-refractivity contribution is -0.576. The second-order valence-corrected chi connectivity index (χ2v) is 8.34. The third-order valence-corrected chi connectivity index (χ3v) is 5.73. The van der Waals surface area contributed by atoms with E-state index >= 15 is 0 Å². The van der Waals surface area contributed by atoms with Gasteiger partial charge in [0.05, 0.1) is 5.02 Å². The molecule has 154 valence electrons. The summed E-state index contributed by atoms with van der Waals surface area (Å²) in [5.74, 6) is -0.0687. The summed E-state index contributed by atoms with van der Waals surface area (Å²) in [6.07, 6.45) is 3.72. The smallest absolute Gasteiger partial charge is 0.288 e. The molecule has 0 amide bonds. The minimum atomic E-state index is -0.0687. The standard InChI is InChI=1S/C25H18Cl2N2OS/c1-16-6-5-13-29(15-16)23(24(30)20-14-18(26)11-12-21(20)27)25(31)28-22-10-4-8-17-7-2-3-9-19(17)22/h2-15H,1H3,(H-,28,30,31)/p+1. The molecule has 0 aliphatic heterocycles. The van der Waals surface area contributed by atoms with Gasteiger partial charge >= 0.3 is 0 Å². The summed E-state index contributed by atoms with van der Waals surface area (Å²) >= 11 is 18.3. The fraction of sp³-hybridized carbons (Fsp3) is 0.0400. The first-order chi connectivity index (χ1) is 14.9. The minimum absolute atomic E-state index is 0.0687. The number of rotatable bonds is 4. The van der Waals surface area contributed by atoms with Gasteiger partial charge in [0, 0.05) is 33.3 Å². The number of benzene rings is 3. The Labute approximate surface area is 196 Å². The first-order valence-corrected chi connectivity index (χ1v) is 10.8. The molecule has 1 heterocycles. The molecule has 0 spiro atoms. The number of aliphatic hydroxyl groups is 1. The Kier molecular flexibility index (Phi) is 6.23. The molecule has 0 saturated carbocycles. The van der Waals surface area contributed by atoms with Crippen LogP contribution >= 0.6 is 35.4 Å². The van der Waals surface area contributed by atoms with Crippen LogP contribution in [0.15, 0.2) is 85.2 Å². The van der Waals surface area contributed by atoms with E-state index in [9.17, 15) is 5.11 Å².